The number of rotatable bonds is 12. The SMILES string of the molecule is C[C@@H](/C=C/CCn1cc(C(CO)c2ccccc2)nn1)[C@]1(O)C(=O)N(Cc2cccc(N3C(=O)COc4ccccc43)c2)c2ccc(N3C(=O)COc4ccccc43)cc21. The Morgan fingerprint density at radius 2 is 1.42 bits per heavy atom. The molecule has 0 saturated heterocycles. The van der Waals surface area contributed by atoms with Crippen LogP contribution in [0.4, 0.5) is 28.4 Å². The van der Waals surface area contributed by atoms with Gasteiger partial charge < -0.3 is 24.6 Å². The molecule has 0 saturated carbocycles. The second kappa shape index (κ2) is 15.9. The number of hydrogen-bond acceptors (Lipinski definition) is 9. The Kier molecular flexibility index (Phi) is 10.2. The Morgan fingerprint density at radius 3 is 2.10 bits per heavy atom. The van der Waals surface area contributed by atoms with E-state index in [0.29, 0.717) is 64.2 Å². The fraction of sp³-hybridized carbons (Fsp3) is 0.213. The van der Waals surface area contributed by atoms with Crippen molar-refractivity contribution in [1.29, 1.82) is 0 Å². The minimum Gasteiger partial charge on any atom is -0.482 e. The highest BCUT2D eigenvalue weighted by atomic mass is 16.5. The van der Waals surface area contributed by atoms with Gasteiger partial charge >= 0.3 is 0 Å². The Labute approximate surface area is 346 Å². The van der Waals surface area contributed by atoms with E-state index in [1.807, 2.05) is 109 Å². The van der Waals surface area contributed by atoms with Crippen molar-refractivity contribution in [3.63, 3.8) is 0 Å². The van der Waals surface area contributed by atoms with Crippen LogP contribution in [0.1, 0.15) is 41.6 Å². The van der Waals surface area contributed by atoms with Crippen molar-refractivity contribution in [1.82, 2.24) is 15.0 Å². The minimum atomic E-state index is -2.00. The third-order valence-electron chi connectivity index (χ3n) is 11.3. The van der Waals surface area contributed by atoms with E-state index in [1.165, 1.54) is 0 Å². The lowest BCUT2D eigenvalue weighted by atomic mass is 9.82. The first kappa shape index (κ1) is 38.4. The van der Waals surface area contributed by atoms with Gasteiger partial charge in [-0.3, -0.25) is 28.9 Å². The molecule has 3 aliphatic heterocycles. The number of hydrogen-bond donors (Lipinski definition) is 2. The van der Waals surface area contributed by atoms with Crippen LogP contribution in [0.5, 0.6) is 11.5 Å². The van der Waals surface area contributed by atoms with Crippen LogP contribution in [0.2, 0.25) is 0 Å². The molecule has 2 N–H and O–H groups in total. The van der Waals surface area contributed by atoms with Gasteiger partial charge in [-0.25, -0.2) is 0 Å². The van der Waals surface area contributed by atoms with Gasteiger partial charge in [0.25, 0.3) is 17.7 Å². The van der Waals surface area contributed by atoms with Crippen molar-refractivity contribution in [2.45, 2.75) is 38.0 Å². The Hall–Kier alpha value is -7.09. The van der Waals surface area contributed by atoms with E-state index in [-0.39, 0.29) is 44.1 Å². The van der Waals surface area contributed by atoms with Gasteiger partial charge in [0.05, 0.1) is 41.8 Å². The third-order valence-corrected chi connectivity index (χ3v) is 11.3. The molecule has 13 nitrogen and oxygen atoms in total. The molecule has 60 heavy (non-hydrogen) atoms. The van der Waals surface area contributed by atoms with Crippen molar-refractivity contribution >= 4 is 46.2 Å². The Balaban J connectivity index is 1.01. The summed E-state index contributed by atoms with van der Waals surface area (Å²) in [4.78, 5) is 46.1. The number of aliphatic hydroxyl groups is 2. The average Bonchev–Trinajstić information content (AvgIpc) is 3.82. The van der Waals surface area contributed by atoms with Crippen molar-refractivity contribution in [3.8, 4) is 11.5 Å². The molecule has 4 heterocycles. The van der Waals surface area contributed by atoms with E-state index in [2.05, 4.69) is 10.3 Å². The number of aromatic nitrogens is 3. The van der Waals surface area contributed by atoms with Crippen LogP contribution in [0.3, 0.4) is 0 Å². The molecule has 0 spiro atoms. The van der Waals surface area contributed by atoms with Gasteiger partial charge in [-0.2, -0.15) is 0 Å². The summed E-state index contributed by atoms with van der Waals surface area (Å²) >= 11 is 0. The molecule has 0 radical (unpaired) electrons. The highest BCUT2D eigenvalue weighted by molar-refractivity contribution is 6.09. The molecular formula is C47H42N6O7. The molecule has 3 aliphatic rings. The smallest absolute Gasteiger partial charge is 0.269 e. The number of aryl methyl sites for hydroxylation is 1. The second-order valence-corrected chi connectivity index (χ2v) is 15.1. The molecular weight excluding hydrogens is 761 g/mol. The highest BCUT2D eigenvalue weighted by Crippen LogP contribution is 2.49. The normalized spacial score (nSPS) is 18.2. The van der Waals surface area contributed by atoms with E-state index in [4.69, 9.17) is 9.47 Å². The first-order valence-corrected chi connectivity index (χ1v) is 19.8. The fourth-order valence-corrected chi connectivity index (χ4v) is 8.26. The van der Waals surface area contributed by atoms with Crippen molar-refractivity contribution < 1.29 is 34.1 Å². The summed E-state index contributed by atoms with van der Waals surface area (Å²) in [5.74, 6) is -0.874. The number of para-hydroxylation sites is 4. The average molecular weight is 803 g/mol. The summed E-state index contributed by atoms with van der Waals surface area (Å²) in [5.41, 5.74) is 3.51. The highest BCUT2D eigenvalue weighted by Gasteiger charge is 2.53. The molecule has 5 aromatic carbocycles. The first-order valence-electron chi connectivity index (χ1n) is 19.8. The zero-order valence-corrected chi connectivity index (χ0v) is 32.8. The van der Waals surface area contributed by atoms with Crippen LogP contribution >= 0.6 is 0 Å². The quantitative estimate of drug-likeness (QED) is 0.132. The van der Waals surface area contributed by atoms with E-state index in [9.17, 15) is 24.6 Å². The fourth-order valence-electron chi connectivity index (χ4n) is 8.26. The molecule has 3 amide bonds. The number of carbonyl (C=O) groups excluding carboxylic acids is 3. The molecule has 302 valence electrons. The predicted octanol–water partition coefficient (Wildman–Crippen LogP) is 6.53. The maximum Gasteiger partial charge on any atom is 0.269 e. The number of ether oxygens (including phenoxy) is 2. The van der Waals surface area contributed by atoms with Gasteiger partial charge in [0.1, 0.15) is 11.5 Å². The number of nitrogens with zero attached hydrogens (tertiary/aromatic N) is 6. The van der Waals surface area contributed by atoms with Gasteiger partial charge in [0.2, 0.25) is 0 Å². The predicted molar refractivity (Wildman–Crippen MR) is 224 cm³/mol. The Morgan fingerprint density at radius 1 is 0.767 bits per heavy atom. The number of aliphatic hydroxyl groups excluding tert-OH is 1. The number of allylic oxidation sites excluding steroid dienone is 1. The first-order chi connectivity index (χ1) is 29.2. The molecule has 1 unspecified atom stereocenters. The van der Waals surface area contributed by atoms with Crippen molar-refractivity contribution in [2.24, 2.45) is 5.92 Å². The maximum absolute atomic E-state index is 14.8. The summed E-state index contributed by atoms with van der Waals surface area (Å²) in [6.45, 7) is 2.01. The van der Waals surface area contributed by atoms with Crippen molar-refractivity contribution in [2.75, 3.05) is 34.5 Å². The van der Waals surface area contributed by atoms with E-state index in [0.717, 1.165) is 11.1 Å². The molecule has 6 aromatic rings. The number of fused-ring (bicyclic) bond motifs is 3. The van der Waals surface area contributed by atoms with Crippen LogP contribution in [-0.4, -0.2) is 62.7 Å². The lowest BCUT2D eigenvalue weighted by Crippen LogP contribution is -2.44. The van der Waals surface area contributed by atoms with Crippen LogP contribution in [0.25, 0.3) is 0 Å². The lowest BCUT2D eigenvalue weighted by Gasteiger charge is -2.31. The van der Waals surface area contributed by atoms with E-state index < -0.39 is 17.4 Å². The zero-order valence-electron chi connectivity index (χ0n) is 32.8. The third kappa shape index (κ3) is 6.87. The van der Waals surface area contributed by atoms with Gasteiger partial charge in [-0.05, 0) is 72.1 Å². The van der Waals surface area contributed by atoms with Crippen LogP contribution in [-0.2, 0) is 33.1 Å². The molecule has 0 aliphatic carbocycles. The van der Waals surface area contributed by atoms with Crippen LogP contribution in [0.15, 0.2) is 140 Å². The summed E-state index contributed by atoms with van der Waals surface area (Å²) in [6.07, 6.45) is 6.08. The standard InChI is InChI=1S/C47H42N6O7/c1-31(12-9-10-23-50-27-38(48-49-50)36(28-54)33-14-3-2-4-15-33)47(58)37-25-35(53-41-18-6-8-20-43(41)60-30-45(53)56)21-22-39(37)51(46(47)57)26-32-13-11-16-34(24-32)52-40-17-5-7-19-42(40)59-29-44(52)55/h2-9,11-22,24-25,27,31,36,54,58H,10,23,26,28-30H2,1H3/b12-9+/t31-,36?,47+/m0/s1. The molecule has 0 bridgehead atoms. The number of carbonyl (C=O) groups is 3. The zero-order chi connectivity index (χ0) is 41.4. The number of amides is 3. The number of anilines is 5. The molecule has 0 fully saturated rings. The molecule has 9 rings (SSSR count). The van der Waals surface area contributed by atoms with E-state index in [1.54, 1.807) is 56.6 Å². The van der Waals surface area contributed by atoms with Gasteiger partial charge in [-0.15, -0.1) is 5.10 Å². The largest absolute Gasteiger partial charge is 0.482 e. The maximum atomic E-state index is 14.8. The second-order valence-electron chi connectivity index (χ2n) is 15.1. The lowest BCUT2D eigenvalue weighted by molar-refractivity contribution is -0.139. The van der Waals surface area contributed by atoms with Crippen molar-refractivity contribution in [3.05, 3.63) is 162 Å². The summed E-state index contributed by atoms with van der Waals surface area (Å²) in [5, 5.41) is 31.4. The van der Waals surface area contributed by atoms with Gasteiger partial charge in [-0.1, -0.05) is 91.0 Å². The molecule has 3 atom stereocenters. The summed E-state index contributed by atoms with van der Waals surface area (Å²) < 4.78 is 13.1. The van der Waals surface area contributed by atoms with E-state index >= 15 is 0 Å². The van der Waals surface area contributed by atoms with Gasteiger partial charge in [0.15, 0.2) is 18.8 Å². The van der Waals surface area contributed by atoms with Crippen LogP contribution in [0, 0.1) is 5.92 Å². The Bertz CT molecular complexity index is 2630. The van der Waals surface area contributed by atoms with Crippen LogP contribution < -0.4 is 24.2 Å². The van der Waals surface area contributed by atoms with Gasteiger partial charge in [0, 0.05) is 35.6 Å². The molecule has 1 aromatic heterocycles. The monoisotopic (exact) mass is 802 g/mol. The summed E-state index contributed by atoms with van der Waals surface area (Å²) in [7, 11) is 0. The topological polar surface area (TPSA) is 151 Å². The molecule has 13 heteroatoms. The minimum absolute atomic E-state index is 0.101. The number of benzene rings is 5. The summed E-state index contributed by atoms with van der Waals surface area (Å²) in [6, 6.07) is 36.9.